The second-order valence-electron chi connectivity index (χ2n) is 5.09. The van der Waals surface area contributed by atoms with Crippen molar-refractivity contribution in [2.24, 2.45) is 0 Å². The third-order valence-corrected chi connectivity index (χ3v) is 4.93. The van der Waals surface area contributed by atoms with Gasteiger partial charge < -0.3 is 5.32 Å². The van der Waals surface area contributed by atoms with E-state index in [4.69, 9.17) is 0 Å². The molecule has 0 amide bonds. The number of thiophene rings is 1. The fraction of sp³-hybridized carbons (Fsp3) is 0.333. The molecule has 4 rings (SSSR count). The average Bonchev–Trinajstić information content (AvgIpc) is 2.95. The van der Waals surface area contributed by atoms with Gasteiger partial charge in [-0.3, -0.25) is 0 Å². The molecule has 2 unspecified atom stereocenters. The molecule has 2 aliphatic rings. The van der Waals surface area contributed by atoms with Gasteiger partial charge in [-0.2, -0.15) is 0 Å². The van der Waals surface area contributed by atoms with Crippen LogP contribution < -0.4 is 5.32 Å². The molecule has 3 heterocycles. The van der Waals surface area contributed by atoms with Crippen LogP contribution in [0.25, 0.3) is 15.7 Å². The minimum atomic E-state index is 0.624. The molecule has 2 heteroatoms. The van der Waals surface area contributed by atoms with Gasteiger partial charge in [0, 0.05) is 16.8 Å². The monoisotopic (exact) mass is 241 g/mol. The summed E-state index contributed by atoms with van der Waals surface area (Å²) in [6.07, 6.45) is 6.31. The Morgan fingerprint density at radius 1 is 1.18 bits per heavy atom. The highest BCUT2D eigenvalue weighted by Crippen LogP contribution is 2.36. The molecule has 1 nitrogen and oxygen atoms in total. The van der Waals surface area contributed by atoms with Crippen LogP contribution >= 0.6 is 11.3 Å². The summed E-state index contributed by atoms with van der Waals surface area (Å²) in [6, 6.07) is 10.3. The smallest absolute Gasteiger partial charge is 0.0417 e. The lowest BCUT2D eigenvalue weighted by Crippen LogP contribution is -2.31. The lowest BCUT2D eigenvalue weighted by molar-refractivity contribution is 0.575. The first-order chi connectivity index (χ1) is 8.40. The third-order valence-electron chi connectivity index (χ3n) is 3.97. The summed E-state index contributed by atoms with van der Waals surface area (Å²) in [5, 5.41) is 7.25. The van der Waals surface area contributed by atoms with Gasteiger partial charge in [-0.05, 0) is 47.2 Å². The second-order valence-corrected chi connectivity index (χ2v) is 6.00. The van der Waals surface area contributed by atoms with Gasteiger partial charge in [0.25, 0.3) is 0 Å². The first-order valence-corrected chi connectivity index (χ1v) is 7.21. The van der Waals surface area contributed by atoms with E-state index >= 15 is 0 Å². The van der Waals surface area contributed by atoms with Gasteiger partial charge in [0.1, 0.15) is 0 Å². The summed E-state index contributed by atoms with van der Waals surface area (Å²) < 4.78 is 1.46. The van der Waals surface area contributed by atoms with Crippen LogP contribution in [0, 0.1) is 0 Å². The van der Waals surface area contributed by atoms with Crippen molar-refractivity contribution < 1.29 is 0 Å². The molecule has 2 bridgehead atoms. The summed E-state index contributed by atoms with van der Waals surface area (Å²) in [5.74, 6) is 0. The summed E-state index contributed by atoms with van der Waals surface area (Å²) in [5.41, 5.74) is 3.03. The van der Waals surface area contributed by atoms with Crippen molar-refractivity contribution in [1.29, 1.82) is 0 Å². The van der Waals surface area contributed by atoms with E-state index in [1.165, 1.54) is 34.9 Å². The van der Waals surface area contributed by atoms with Gasteiger partial charge in [0.2, 0.25) is 0 Å². The number of fused-ring (bicyclic) bond motifs is 3. The summed E-state index contributed by atoms with van der Waals surface area (Å²) in [4.78, 5) is 0. The molecule has 1 fully saturated rings. The third kappa shape index (κ3) is 1.55. The molecule has 0 radical (unpaired) electrons. The molecule has 2 aromatic rings. The van der Waals surface area contributed by atoms with Crippen LogP contribution in [0.5, 0.6) is 0 Å². The van der Waals surface area contributed by atoms with Crippen LogP contribution in [-0.4, -0.2) is 12.1 Å². The Labute approximate surface area is 105 Å². The topological polar surface area (TPSA) is 12.0 Å². The van der Waals surface area contributed by atoms with Crippen molar-refractivity contribution in [3.05, 3.63) is 41.3 Å². The number of hydrogen-bond acceptors (Lipinski definition) is 2. The molecule has 86 valence electrons. The molecule has 0 spiro atoms. The van der Waals surface area contributed by atoms with Crippen molar-refractivity contribution in [3.8, 4) is 0 Å². The second kappa shape index (κ2) is 3.69. The van der Waals surface area contributed by atoms with E-state index in [1.54, 1.807) is 5.57 Å². The Kier molecular flexibility index (Phi) is 2.14. The van der Waals surface area contributed by atoms with E-state index in [9.17, 15) is 0 Å². The molecule has 1 aromatic heterocycles. The SMILES string of the molecule is C1=C(c2cccc3ccsc23)CC2CCC1N2. The molecule has 0 saturated carbocycles. The first-order valence-electron chi connectivity index (χ1n) is 6.33. The highest BCUT2D eigenvalue weighted by atomic mass is 32.1. The Morgan fingerprint density at radius 3 is 3.12 bits per heavy atom. The molecule has 2 aliphatic heterocycles. The minimum Gasteiger partial charge on any atom is -0.307 e. The van der Waals surface area contributed by atoms with Crippen LogP contribution in [-0.2, 0) is 0 Å². The van der Waals surface area contributed by atoms with E-state index in [0.717, 1.165) is 6.04 Å². The Balaban J connectivity index is 1.86. The molecule has 17 heavy (non-hydrogen) atoms. The van der Waals surface area contributed by atoms with Gasteiger partial charge in [-0.15, -0.1) is 11.3 Å². The summed E-state index contributed by atoms with van der Waals surface area (Å²) >= 11 is 1.87. The van der Waals surface area contributed by atoms with Crippen molar-refractivity contribution in [1.82, 2.24) is 5.32 Å². The quantitative estimate of drug-likeness (QED) is 0.800. The van der Waals surface area contributed by atoms with Crippen LogP contribution in [0.3, 0.4) is 0 Å². The molecule has 1 N–H and O–H groups in total. The maximum atomic E-state index is 3.66. The maximum absolute atomic E-state index is 3.66. The van der Waals surface area contributed by atoms with Crippen molar-refractivity contribution in [2.75, 3.05) is 0 Å². The van der Waals surface area contributed by atoms with Crippen molar-refractivity contribution >= 4 is 27.0 Å². The zero-order valence-electron chi connectivity index (χ0n) is 9.65. The van der Waals surface area contributed by atoms with E-state index in [1.807, 2.05) is 11.3 Å². The first kappa shape index (κ1) is 9.86. The molecule has 1 saturated heterocycles. The number of rotatable bonds is 1. The number of benzene rings is 1. The van der Waals surface area contributed by atoms with Gasteiger partial charge in [0.05, 0.1) is 0 Å². The highest BCUT2D eigenvalue weighted by molar-refractivity contribution is 7.17. The van der Waals surface area contributed by atoms with Crippen LogP contribution in [0.4, 0.5) is 0 Å². The Bertz CT molecular complexity index is 596. The molecule has 0 aliphatic carbocycles. The van der Waals surface area contributed by atoms with Crippen LogP contribution in [0.1, 0.15) is 24.8 Å². The summed E-state index contributed by atoms with van der Waals surface area (Å²) in [7, 11) is 0. The van der Waals surface area contributed by atoms with Crippen LogP contribution in [0.15, 0.2) is 35.7 Å². The van der Waals surface area contributed by atoms with E-state index in [2.05, 4.69) is 41.0 Å². The largest absolute Gasteiger partial charge is 0.307 e. The van der Waals surface area contributed by atoms with Gasteiger partial charge in [-0.25, -0.2) is 0 Å². The van der Waals surface area contributed by atoms with E-state index in [-0.39, 0.29) is 0 Å². The van der Waals surface area contributed by atoms with Crippen LogP contribution in [0.2, 0.25) is 0 Å². The molecular weight excluding hydrogens is 226 g/mol. The zero-order valence-corrected chi connectivity index (χ0v) is 10.5. The highest BCUT2D eigenvalue weighted by Gasteiger charge is 2.28. The summed E-state index contributed by atoms with van der Waals surface area (Å²) in [6.45, 7) is 0. The zero-order chi connectivity index (χ0) is 11.2. The number of nitrogens with one attached hydrogen (secondary N) is 1. The van der Waals surface area contributed by atoms with E-state index in [0.29, 0.717) is 6.04 Å². The fourth-order valence-electron chi connectivity index (χ4n) is 3.16. The molecule has 1 aromatic carbocycles. The average molecular weight is 241 g/mol. The predicted molar refractivity (Wildman–Crippen MR) is 74.4 cm³/mol. The van der Waals surface area contributed by atoms with Gasteiger partial charge >= 0.3 is 0 Å². The number of hydrogen-bond donors (Lipinski definition) is 1. The lowest BCUT2D eigenvalue weighted by Gasteiger charge is -2.21. The maximum Gasteiger partial charge on any atom is 0.0417 e. The lowest BCUT2D eigenvalue weighted by atomic mass is 9.95. The minimum absolute atomic E-state index is 0.624. The normalized spacial score (nSPS) is 27.4. The van der Waals surface area contributed by atoms with Gasteiger partial charge in [-0.1, -0.05) is 24.3 Å². The molecule has 2 atom stereocenters. The van der Waals surface area contributed by atoms with Gasteiger partial charge in [0.15, 0.2) is 0 Å². The Hall–Kier alpha value is -1.12. The fourth-order valence-corrected chi connectivity index (χ4v) is 4.11. The van der Waals surface area contributed by atoms with Crippen molar-refractivity contribution in [2.45, 2.75) is 31.3 Å². The van der Waals surface area contributed by atoms with Crippen molar-refractivity contribution in [3.63, 3.8) is 0 Å². The molecular formula is C15H15NS. The standard InChI is InChI=1S/C15H15NS/c1-2-10-6-7-17-15(10)14(3-1)11-8-12-4-5-13(9-11)16-12/h1-3,6-8,12-13,16H,4-5,9H2. The Morgan fingerprint density at radius 2 is 2.18 bits per heavy atom. The van der Waals surface area contributed by atoms with E-state index < -0.39 is 0 Å². The predicted octanol–water partition coefficient (Wildman–Crippen LogP) is 3.81.